The monoisotopic (exact) mass is 273 g/mol. The molecule has 0 heterocycles. The molecule has 0 saturated heterocycles. The molecule has 1 aromatic carbocycles. The van der Waals surface area contributed by atoms with Gasteiger partial charge in [-0.05, 0) is 12.5 Å². The minimum Gasteiger partial charge on any atom is -0.480 e. The maximum Gasteiger partial charge on any atom is 0.327 e. The zero-order chi connectivity index (χ0) is 13.8. The van der Waals surface area contributed by atoms with Gasteiger partial charge in [0.15, 0.2) is 0 Å². The van der Waals surface area contributed by atoms with Crippen LogP contribution in [0.5, 0.6) is 0 Å². The van der Waals surface area contributed by atoms with Crippen LogP contribution in [0.3, 0.4) is 0 Å². The topological polar surface area (TPSA) is 107 Å². The average Bonchev–Trinajstić information content (AvgIpc) is 2.27. The summed E-state index contributed by atoms with van der Waals surface area (Å²) in [5.41, 5.74) is 0.856. The summed E-state index contributed by atoms with van der Waals surface area (Å²) in [6.07, 6.45) is -0.723. The molecule has 1 aromatic rings. The van der Waals surface area contributed by atoms with Crippen molar-refractivity contribution in [2.75, 3.05) is 6.16 Å². The smallest absolute Gasteiger partial charge is 0.327 e. The second kappa shape index (κ2) is 6.11. The number of hydrogen-bond acceptors (Lipinski definition) is 3. The summed E-state index contributed by atoms with van der Waals surface area (Å²) < 4.78 is 10.9. The van der Waals surface area contributed by atoms with E-state index in [0.29, 0.717) is 0 Å². The molecule has 2 atom stereocenters. The van der Waals surface area contributed by atoms with Gasteiger partial charge in [-0.1, -0.05) is 30.3 Å². The van der Waals surface area contributed by atoms with Gasteiger partial charge in [-0.2, -0.15) is 0 Å². The Bertz CT molecular complexity index is 444. The molecule has 100 valence electrons. The summed E-state index contributed by atoms with van der Waals surface area (Å²) in [6, 6.07) is 7.50. The third-order valence-electron chi connectivity index (χ3n) is 2.47. The van der Waals surface area contributed by atoms with Crippen LogP contribution >= 0.6 is 7.60 Å². The molecule has 0 radical (unpaired) electrons. The van der Waals surface area contributed by atoms with Crippen molar-refractivity contribution in [1.82, 2.24) is 5.32 Å². The fourth-order valence-corrected chi connectivity index (χ4v) is 2.32. The van der Waals surface area contributed by atoms with E-state index in [0.717, 1.165) is 5.56 Å². The second-order valence-corrected chi connectivity index (χ2v) is 5.73. The molecule has 2 unspecified atom stereocenters. The molecule has 0 amide bonds. The summed E-state index contributed by atoms with van der Waals surface area (Å²) in [7, 11) is -4.37. The lowest BCUT2D eigenvalue weighted by atomic mass is 10.1. The summed E-state index contributed by atoms with van der Waals surface area (Å²) >= 11 is 0. The first-order valence-electron chi connectivity index (χ1n) is 5.38. The summed E-state index contributed by atoms with van der Waals surface area (Å²) in [6.45, 7) is 1.74. The van der Waals surface area contributed by atoms with Crippen molar-refractivity contribution < 1.29 is 24.3 Å². The van der Waals surface area contributed by atoms with Crippen molar-refractivity contribution in [3.05, 3.63) is 35.9 Å². The molecule has 4 N–H and O–H groups in total. The number of rotatable bonds is 6. The fraction of sp³-hybridized carbons (Fsp3) is 0.364. The quantitative estimate of drug-likeness (QED) is 0.575. The number of benzene rings is 1. The van der Waals surface area contributed by atoms with E-state index >= 15 is 0 Å². The van der Waals surface area contributed by atoms with Gasteiger partial charge in [-0.15, -0.1) is 0 Å². The Labute approximate surface area is 105 Å². The molecule has 0 aliphatic heterocycles. The van der Waals surface area contributed by atoms with Crippen LogP contribution in [0, 0.1) is 0 Å². The van der Waals surface area contributed by atoms with Gasteiger partial charge in [0.1, 0.15) is 6.04 Å². The molecule has 0 bridgehead atoms. The summed E-state index contributed by atoms with van der Waals surface area (Å²) in [5, 5.41) is 11.6. The van der Waals surface area contributed by atoms with Crippen LogP contribution in [0.25, 0.3) is 0 Å². The van der Waals surface area contributed by atoms with Crippen LogP contribution in [-0.4, -0.2) is 33.1 Å². The predicted octanol–water partition coefficient (Wildman–Crippen LogP) is 0.968. The molecule has 0 fully saturated rings. The molecule has 0 aliphatic rings. The second-order valence-electron chi connectivity index (χ2n) is 4.04. The normalized spacial score (nSPS) is 15.1. The molecule has 0 aromatic heterocycles. The number of carbonyl (C=O) groups is 1. The lowest BCUT2D eigenvalue weighted by molar-refractivity contribution is -0.139. The maximum atomic E-state index is 10.9. The van der Waals surface area contributed by atoms with Crippen LogP contribution < -0.4 is 5.32 Å². The van der Waals surface area contributed by atoms with Crippen molar-refractivity contribution in [3.8, 4) is 0 Å². The molecule has 1 rings (SSSR count). The van der Waals surface area contributed by atoms with E-state index in [1.54, 1.807) is 6.92 Å². The van der Waals surface area contributed by atoms with Gasteiger partial charge in [0.05, 0.1) is 6.16 Å². The lowest BCUT2D eigenvalue weighted by Crippen LogP contribution is -2.41. The Kier molecular flexibility index (Phi) is 5.04. The minimum atomic E-state index is -4.37. The van der Waals surface area contributed by atoms with Gasteiger partial charge >= 0.3 is 13.6 Å². The first-order chi connectivity index (χ1) is 8.29. The van der Waals surface area contributed by atoms with E-state index in [2.05, 4.69) is 5.32 Å². The predicted molar refractivity (Wildman–Crippen MR) is 66.3 cm³/mol. The van der Waals surface area contributed by atoms with Gasteiger partial charge in [-0.3, -0.25) is 14.7 Å². The zero-order valence-corrected chi connectivity index (χ0v) is 10.7. The van der Waals surface area contributed by atoms with Gasteiger partial charge in [-0.25, -0.2) is 0 Å². The van der Waals surface area contributed by atoms with Crippen LogP contribution in [0.1, 0.15) is 18.5 Å². The number of aliphatic carboxylic acids is 1. The Morgan fingerprint density at radius 3 is 2.33 bits per heavy atom. The van der Waals surface area contributed by atoms with E-state index in [-0.39, 0.29) is 6.04 Å². The van der Waals surface area contributed by atoms with Crippen molar-refractivity contribution in [1.29, 1.82) is 0 Å². The van der Waals surface area contributed by atoms with Crippen LogP contribution in [0.15, 0.2) is 30.3 Å². The molecular weight excluding hydrogens is 257 g/mol. The summed E-state index contributed by atoms with van der Waals surface area (Å²) in [5.74, 6) is -1.28. The standard InChI is InChI=1S/C11H16NO5P/c1-8(9-5-3-2-4-6-9)12-10(11(13)14)7-18(15,16)17/h2-6,8,10,12H,7H2,1H3,(H,13,14)(H2,15,16,17). The van der Waals surface area contributed by atoms with Gasteiger partial charge in [0.25, 0.3) is 0 Å². The third kappa shape index (κ3) is 4.98. The van der Waals surface area contributed by atoms with E-state index in [9.17, 15) is 9.36 Å². The molecule has 0 saturated carbocycles. The largest absolute Gasteiger partial charge is 0.480 e. The Morgan fingerprint density at radius 1 is 1.33 bits per heavy atom. The first-order valence-corrected chi connectivity index (χ1v) is 7.18. The number of hydrogen-bond donors (Lipinski definition) is 4. The number of nitrogens with one attached hydrogen (secondary N) is 1. The Morgan fingerprint density at radius 2 is 1.89 bits per heavy atom. The van der Waals surface area contributed by atoms with E-state index in [1.165, 1.54) is 0 Å². The third-order valence-corrected chi connectivity index (χ3v) is 3.31. The SMILES string of the molecule is CC(NC(CP(=O)(O)O)C(=O)O)c1ccccc1. The van der Waals surface area contributed by atoms with Crippen molar-refractivity contribution >= 4 is 13.6 Å². The Hall–Kier alpha value is -1.20. The summed E-state index contributed by atoms with van der Waals surface area (Å²) in [4.78, 5) is 28.6. The molecule has 7 heteroatoms. The number of carboxylic acid groups (broad SMARTS) is 1. The van der Waals surface area contributed by atoms with Crippen molar-refractivity contribution in [2.24, 2.45) is 0 Å². The van der Waals surface area contributed by atoms with E-state index in [4.69, 9.17) is 14.9 Å². The van der Waals surface area contributed by atoms with Gasteiger partial charge < -0.3 is 14.9 Å². The fourth-order valence-electron chi connectivity index (χ4n) is 1.58. The zero-order valence-electron chi connectivity index (χ0n) is 9.85. The highest BCUT2D eigenvalue weighted by Crippen LogP contribution is 2.35. The highest BCUT2D eigenvalue weighted by atomic mass is 31.2. The highest BCUT2D eigenvalue weighted by Gasteiger charge is 2.28. The number of carboxylic acids is 1. The van der Waals surface area contributed by atoms with Gasteiger partial charge in [0, 0.05) is 6.04 Å². The molecule has 18 heavy (non-hydrogen) atoms. The van der Waals surface area contributed by atoms with E-state index in [1.807, 2.05) is 30.3 Å². The van der Waals surface area contributed by atoms with Gasteiger partial charge in [0.2, 0.25) is 0 Å². The van der Waals surface area contributed by atoms with Crippen molar-refractivity contribution in [3.63, 3.8) is 0 Å². The lowest BCUT2D eigenvalue weighted by Gasteiger charge is -2.20. The minimum absolute atomic E-state index is 0.307. The van der Waals surface area contributed by atoms with Crippen LogP contribution in [-0.2, 0) is 9.36 Å². The molecular formula is C11H16NO5P. The molecule has 0 spiro atoms. The van der Waals surface area contributed by atoms with Crippen LogP contribution in [0.4, 0.5) is 0 Å². The molecule has 6 nitrogen and oxygen atoms in total. The highest BCUT2D eigenvalue weighted by molar-refractivity contribution is 7.51. The van der Waals surface area contributed by atoms with Crippen molar-refractivity contribution in [2.45, 2.75) is 19.0 Å². The van der Waals surface area contributed by atoms with E-state index < -0.39 is 25.8 Å². The Balaban J connectivity index is 2.73. The molecule has 0 aliphatic carbocycles. The van der Waals surface area contributed by atoms with Crippen LogP contribution in [0.2, 0.25) is 0 Å². The average molecular weight is 273 g/mol. The first kappa shape index (κ1) is 14.9. The maximum absolute atomic E-state index is 10.9.